The van der Waals surface area contributed by atoms with Crippen molar-refractivity contribution in [3.05, 3.63) is 29.8 Å². The summed E-state index contributed by atoms with van der Waals surface area (Å²) in [4.78, 5) is 0. The summed E-state index contributed by atoms with van der Waals surface area (Å²) in [6.45, 7) is 0. The topological polar surface area (TPSA) is 9.23 Å². The van der Waals surface area contributed by atoms with E-state index in [-0.39, 0.29) is 29.6 Å². The van der Waals surface area contributed by atoms with Gasteiger partial charge in [0.1, 0.15) is 5.75 Å². The molecule has 0 aliphatic carbocycles. The fraction of sp³-hybridized carbons (Fsp3) is 0.250. The van der Waals surface area contributed by atoms with Gasteiger partial charge in [-0.15, -0.1) is 0 Å². The van der Waals surface area contributed by atoms with Crippen LogP contribution in [-0.2, 0) is 5.75 Å². The van der Waals surface area contributed by atoms with Gasteiger partial charge in [0.25, 0.3) is 0 Å². The van der Waals surface area contributed by atoms with E-state index < -0.39 is 0 Å². The molecule has 0 aliphatic rings. The SMILES string of the molecule is COc1ccc(CS)cc1.[Na]. The second kappa shape index (κ2) is 5.95. The summed E-state index contributed by atoms with van der Waals surface area (Å²) in [6, 6.07) is 7.88. The maximum absolute atomic E-state index is 4.99. The van der Waals surface area contributed by atoms with Crippen LogP contribution in [0.5, 0.6) is 5.75 Å². The Morgan fingerprint density at radius 2 is 1.82 bits per heavy atom. The van der Waals surface area contributed by atoms with E-state index in [2.05, 4.69) is 12.6 Å². The van der Waals surface area contributed by atoms with Gasteiger partial charge in [0.15, 0.2) is 0 Å². The van der Waals surface area contributed by atoms with Crippen molar-refractivity contribution in [1.29, 1.82) is 0 Å². The Hall–Kier alpha value is 0.370. The Balaban J connectivity index is 0.000001000. The molecule has 55 valence electrons. The minimum atomic E-state index is 0. The molecule has 1 radical (unpaired) electrons. The van der Waals surface area contributed by atoms with Crippen molar-refractivity contribution in [1.82, 2.24) is 0 Å². The molecule has 0 fully saturated rings. The van der Waals surface area contributed by atoms with E-state index in [1.165, 1.54) is 5.56 Å². The minimum Gasteiger partial charge on any atom is -0.497 e. The molecular weight excluding hydrogens is 167 g/mol. The number of thiol groups is 1. The van der Waals surface area contributed by atoms with Crippen LogP contribution in [0.1, 0.15) is 5.56 Å². The quantitative estimate of drug-likeness (QED) is 0.535. The van der Waals surface area contributed by atoms with Crippen LogP contribution in [0.4, 0.5) is 0 Å². The summed E-state index contributed by atoms with van der Waals surface area (Å²) >= 11 is 4.13. The van der Waals surface area contributed by atoms with Crippen molar-refractivity contribution >= 4 is 42.2 Å². The molecule has 1 rings (SSSR count). The second-order valence-electron chi connectivity index (χ2n) is 2.01. The average Bonchev–Trinajstić information content (AvgIpc) is 2.05. The predicted molar refractivity (Wildman–Crippen MR) is 51.4 cm³/mol. The fourth-order valence-electron chi connectivity index (χ4n) is 0.731. The number of hydrogen-bond acceptors (Lipinski definition) is 2. The molecule has 0 bridgehead atoms. The van der Waals surface area contributed by atoms with Crippen LogP contribution >= 0.6 is 12.6 Å². The third-order valence-corrected chi connectivity index (χ3v) is 1.71. The Bertz CT molecular complexity index is 175. The van der Waals surface area contributed by atoms with Gasteiger partial charge in [-0.3, -0.25) is 0 Å². The van der Waals surface area contributed by atoms with E-state index in [4.69, 9.17) is 4.74 Å². The zero-order valence-corrected chi connectivity index (χ0v) is 9.77. The number of hydrogen-bond donors (Lipinski definition) is 1. The van der Waals surface area contributed by atoms with Crippen LogP contribution in [0.3, 0.4) is 0 Å². The van der Waals surface area contributed by atoms with Crippen molar-refractivity contribution < 1.29 is 4.74 Å². The van der Waals surface area contributed by atoms with Gasteiger partial charge in [0, 0.05) is 35.3 Å². The largest absolute Gasteiger partial charge is 0.497 e. The summed E-state index contributed by atoms with van der Waals surface area (Å²) in [7, 11) is 1.66. The van der Waals surface area contributed by atoms with Crippen LogP contribution in [-0.4, -0.2) is 36.7 Å². The van der Waals surface area contributed by atoms with Crippen LogP contribution < -0.4 is 4.74 Å². The molecule has 0 saturated heterocycles. The summed E-state index contributed by atoms with van der Waals surface area (Å²) in [5, 5.41) is 0. The summed E-state index contributed by atoms with van der Waals surface area (Å²) in [5.74, 6) is 1.68. The van der Waals surface area contributed by atoms with Crippen molar-refractivity contribution in [3.8, 4) is 5.75 Å². The van der Waals surface area contributed by atoms with Gasteiger partial charge in [-0.25, -0.2) is 0 Å². The van der Waals surface area contributed by atoms with Gasteiger partial charge >= 0.3 is 0 Å². The van der Waals surface area contributed by atoms with Crippen molar-refractivity contribution in [3.63, 3.8) is 0 Å². The van der Waals surface area contributed by atoms with E-state index >= 15 is 0 Å². The molecule has 11 heavy (non-hydrogen) atoms. The zero-order valence-electron chi connectivity index (χ0n) is 6.87. The fourth-order valence-corrected chi connectivity index (χ4v) is 0.942. The van der Waals surface area contributed by atoms with E-state index in [9.17, 15) is 0 Å². The van der Waals surface area contributed by atoms with Gasteiger partial charge in [0.2, 0.25) is 0 Å². The number of benzene rings is 1. The van der Waals surface area contributed by atoms with E-state index in [0.717, 1.165) is 11.5 Å². The maximum atomic E-state index is 4.99. The van der Waals surface area contributed by atoms with Crippen LogP contribution in [0.25, 0.3) is 0 Å². The first-order chi connectivity index (χ1) is 4.86. The molecule has 0 atom stereocenters. The third-order valence-electron chi connectivity index (χ3n) is 1.34. The van der Waals surface area contributed by atoms with Crippen LogP contribution in [0, 0.1) is 0 Å². The number of rotatable bonds is 2. The van der Waals surface area contributed by atoms with E-state index in [0.29, 0.717) is 0 Å². The maximum Gasteiger partial charge on any atom is 0.118 e. The number of ether oxygens (including phenoxy) is 1. The zero-order chi connectivity index (χ0) is 7.40. The minimum absolute atomic E-state index is 0. The van der Waals surface area contributed by atoms with Crippen molar-refractivity contribution in [2.24, 2.45) is 0 Å². The van der Waals surface area contributed by atoms with Crippen molar-refractivity contribution in [2.45, 2.75) is 5.75 Å². The Morgan fingerprint density at radius 1 is 1.27 bits per heavy atom. The molecule has 0 amide bonds. The molecule has 1 nitrogen and oxygen atoms in total. The van der Waals surface area contributed by atoms with Crippen LogP contribution in [0.2, 0.25) is 0 Å². The van der Waals surface area contributed by atoms with Gasteiger partial charge < -0.3 is 4.74 Å². The normalized spacial score (nSPS) is 8.55. The Labute approximate surface area is 94.8 Å². The summed E-state index contributed by atoms with van der Waals surface area (Å²) < 4.78 is 4.99. The monoisotopic (exact) mass is 177 g/mol. The first-order valence-electron chi connectivity index (χ1n) is 3.10. The number of methoxy groups -OCH3 is 1. The van der Waals surface area contributed by atoms with E-state index in [1.807, 2.05) is 24.3 Å². The molecule has 3 heteroatoms. The van der Waals surface area contributed by atoms with E-state index in [1.54, 1.807) is 7.11 Å². The summed E-state index contributed by atoms with van der Waals surface area (Å²) in [6.07, 6.45) is 0. The predicted octanol–water partition coefficient (Wildman–Crippen LogP) is 1.74. The molecule has 1 aromatic rings. The average molecular weight is 177 g/mol. The Kier molecular flexibility index (Phi) is 6.15. The Morgan fingerprint density at radius 3 is 2.18 bits per heavy atom. The molecule has 0 saturated carbocycles. The van der Waals surface area contributed by atoms with Gasteiger partial charge in [0.05, 0.1) is 7.11 Å². The molecule has 0 unspecified atom stereocenters. The van der Waals surface area contributed by atoms with Gasteiger partial charge in [-0.05, 0) is 17.7 Å². The smallest absolute Gasteiger partial charge is 0.118 e. The molecule has 0 N–H and O–H groups in total. The molecular formula is C8H10NaOS. The van der Waals surface area contributed by atoms with Gasteiger partial charge in [-0.1, -0.05) is 12.1 Å². The van der Waals surface area contributed by atoms with Crippen LogP contribution in [0.15, 0.2) is 24.3 Å². The molecule has 1 aromatic carbocycles. The molecule has 0 aliphatic heterocycles. The third kappa shape index (κ3) is 3.52. The standard InChI is InChI=1S/C8H10OS.Na/c1-9-8-4-2-7(6-10)3-5-8;/h2-5,10H,6H2,1H3;. The second-order valence-corrected chi connectivity index (χ2v) is 2.32. The molecule has 0 aromatic heterocycles. The first-order valence-corrected chi connectivity index (χ1v) is 3.74. The summed E-state index contributed by atoms with van der Waals surface area (Å²) in [5.41, 5.74) is 1.21. The first kappa shape index (κ1) is 11.4. The van der Waals surface area contributed by atoms with Gasteiger partial charge in [-0.2, -0.15) is 12.6 Å². The molecule has 0 heterocycles. The molecule has 0 spiro atoms. The van der Waals surface area contributed by atoms with Crippen molar-refractivity contribution in [2.75, 3.05) is 7.11 Å².